The first kappa shape index (κ1) is 21.7. The van der Waals surface area contributed by atoms with Crippen LogP contribution in [0.4, 0.5) is 11.4 Å². The van der Waals surface area contributed by atoms with E-state index in [1.165, 1.54) is 0 Å². The van der Waals surface area contributed by atoms with Crippen molar-refractivity contribution in [2.75, 3.05) is 31.0 Å². The largest absolute Gasteiger partial charge is 0.493 e. The molecule has 30 heavy (non-hydrogen) atoms. The lowest BCUT2D eigenvalue weighted by atomic mass is 9.96. The van der Waals surface area contributed by atoms with Crippen molar-refractivity contribution in [2.45, 2.75) is 39.5 Å². The van der Waals surface area contributed by atoms with Crippen molar-refractivity contribution in [1.29, 1.82) is 0 Å². The number of ether oxygens (including phenoxy) is 2. The van der Waals surface area contributed by atoms with Gasteiger partial charge < -0.3 is 19.7 Å². The van der Waals surface area contributed by atoms with Gasteiger partial charge in [-0.1, -0.05) is 32.0 Å². The molecule has 0 unspecified atom stereocenters. The van der Waals surface area contributed by atoms with E-state index in [1.54, 1.807) is 25.2 Å². The molecule has 2 aromatic rings. The fraction of sp³-hybridized carbons (Fsp3) is 0.417. The number of anilines is 2. The third-order valence-corrected chi connectivity index (χ3v) is 5.86. The minimum Gasteiger partial charge on any atom is -0.493 e. The predicted octanol–water partition coefficient (Wildman–Crippen LogP) is 4.52. The van der Waals surface area contributed by atoms with Crippen LogP contribution >= 0.6 is 0 Å². The summed E-state index contributed by atoms with van der Waals surface area (Å²) >= 11 is 0. The normalized spacial score (nSPS) is 17.0. The number of hydrogen-bond donors (Lipinski definition) is 1. The number of carbonyl (C=O) groups is 2. The number of amides is 2. The molecular formula is C24H30N2O4. The van der Waals surface area contributed by atoms with Crippen LogP contribution in [0.15, 0.2) is 36.4 Å². The van der Waals surface area contributed by atoms with Gasteiger partial charge in [0.2, 0.25) is 11.8 Å². The van der Waals surface area contributed by atoms with Gasteiger partial charge in [-0.25, -0.2) is 0 Å². The number of nitrogens with one attached hydrogen (secondary N) is 1. The van der Waals surface area contributed by atoms with Crippen LogP contribution in [-0.2, 0) is 9.59 Å². The van der Waals surface area contributed by atoms with E-state index in [0.29, 0.717) is 29.6 Å². The van der Waals surface area contributed by atoms with Crippen molar-refractivity contribution in [3.63, 3.8) is 0 Å². The molecule has 1 heterocycles. The third kappa shape index (κ3) is 4.27. The van der Waals surface area contributed by atoms with E-state index in [0.717, 1.165) is 23.2 Å². The molecule has 0 radical (unpaired) electrons. The zero-order valence-corrected chi connectivity index (χ0v) is 18.3. The Kier molecular flexibility index (Phi) is 6.65. The highest BCUT2D eigenvalue weighted by molar-refractivity contribution is 6.04. The fourth-order valence-electron chi connectivity index (χ4n) is 3.84. The molecule has 0 bridgehead atoms. The second kappa shape index (κ2) is 9.20. The van der Waals surface area contributed by atoms with E-state index < -0.39 is 5.92 Å². The summed E-state index contributed by atoms with van der Waals surface area (Å²) in [7, 11) is 3.13. The van der Waals surface area contributed by atoms with Gasteiger partial charge in [0.25, 0.3) is 0 Å². The van der Waals surface area contributed by atoms with E-state index in [2.05, 4.69) is 25.2 Å². The molecule has 2 aromatic carbocycles. The first-order chi connectivity index (χ1) is 14.4. The number of aryl methyl sites for hydroxylation is 1. The zero-order valence-electron chi connectivity index (χ0n) is 18.3. The lowest BCUT2D eigenvalue weighted by Crippen LogP contribution is -2.29. The van der Waals surface area contributed by atoms with Crippen molar-refractivity contribution in [3.05, 3.63) is 47.5 Å². The lowest BCUT2D eigenvalue weighted by molar-refractivity contribution is -0.122. The summed E-state index contributed by atoms with van der Waals surface area (Å²) < 4.78 is 10.6. The molecule has 160 valence electrons. The van der Waals surface area contributed by atoms with Crippen LogP contribution in [-0.4, -0.2) is 32.6 Å². The van der Waals surface area contributed by atoms with Crippen molar-refractivity contribution >= 4 is 23.2 Å². The number of hydrogen-bond acceptors (Lipinski definition) is 4. The molecule has 2 atom stereocenters. The quantitative estimate of drug-likeness (QED) is 0.729. The molecule has 0 aromatic heterocycles. The summed E-state index contributed by atoms with van der Waals surface area (Å²) in [6.07, 6.45) is 1.19. The number of benzene rings is 2. The van der Waals surface area contributed by atoms with Gasteiger partial charge in [0, 0.05) is 30.4 Å². The summed E-state index contributed by atoms with van der Waals surface area (Å²) in [5, 5.41) is 2.97. The smallest absolute Gasteiger partial charge is 0.229 e. The van der Waals surface area contributed by atoms with Gasteiger partial charge >= 0.3 is 0 Å². The van der Waals surface area contributed by atoms with Gasteiger partial charge in [-0.2, -0.15) is 0 Å². The van der Waals surface area contributed by atoms with Crippen molar-refractivity contribution in [2.24, 2.45) is 5.92 Å². The first-order valence-corrected chi connectivity index (χ1v) is 10.3. The van der Waals surface area contributed by atoms with E-state index in [-0.39, 0.29) is 18.2 Å². The van der Waals surface area contributed by atoms with Crippen LogP contribution in [0.1, 0.15) is 43.7 Å². The molecule has 3 rings (SSSR count). The molecule has 6 heteroatoms. The molecule has 6 nitrogen and oxygen atoms in total. The van der Waals surface area contributed by atoms with Crippen LogP contribution < -0.4 is 19.7 Å². The average molecular weight is 411 g/mol. The molecule has 1 N–H and O–H groups in total. The Morgan fingerprint density at radius 3 is 2.53 bits per heavy atom. The highest BCUT2D eigenvalue weighted by atomic mass is 16.5. The Balaban J connectivity index is 1.78. The highest BCUT2D eigenvalue weighted by Crippen LogP contribution is 2.35. The molecule has 0 aliphatic carbocycles. The standard InChI is InChI=1S/C24H30N2O4/c1-6-15(2)18-9-7-8-10-20(18)26-14-17(12-23(26)27)24(28)25-19-13-22(30-5)21(29-4)11-16(19)3/h7-11,13,15,17H,6,12,14H2,1-5H3,(H,25,28)/t15-,17-/m0/s1. The molecule has 0 saturated carbocycles. The average Bonchev–Trinajstić information content (AvgIpc) is 3.15. The zero-order chi connectivity index (χ0) is 21.8. The number of rotatable bonds is 7. The van der Waals surface area contributed by atoms with Crippen molar-refractivity contribution in [1.82, 2.24) is 0 Å². The van der Waals surface area contributed by atoms with Gasteiger partial charge in [0.1, 0.15) is 0 Å². The molecular weight excluding hydrogens is 380 g/mol. The summed E-state index contributed by atoms with van der Waals surface area (Å²) in [5.41, 5.74) is 3.58. The third-order valence-electron chi connectivity index (χ3n) is 5.86. The Bertz CT molecular complexity index is 941. The number of methoxy groups -OCH3 is 2. The Labute approximate surface area is 178 Å². The van der Waals surface area contributed by atoms with Crippen LogP contribution in [0.2, 0.25) is 0 Å². The minimum absolute atomic E-state index is 0.0186. The van der Waals surface area contributed by atoms with Crippen molar-refractivity contribution < 1.29 is 19.1 Å². The Morgan fingerprint density at radius 1 is 1.20 bits per heavy atom. The van der Waals surface area contributed by atoms with E-state index >= 15 is 0 Å². The first-order valence-electron chi connectivity index (χ1n) is 10.3. The second-order valence-electron chi connectivity index (χ2n) is 7.78. The maximum absolute atomic E-state index is 13.0. The van der Waals surface area contributed by atoms with Gasteiger partial charge in [0.05, 0.1) is 20.1 Å². The summed E-state index contributed by atoms with van der Waals surface area (Å²) in [6.45, 7) is 6.56. The number of carbonyl (C=O) groups excluding carboxylic acids is 2. The highest BCUT2D eigenvalue weighted by Gasteiger charge is 2.36. The maximum atomic E-state index is 13.0. The Morgan fingerprint density at radius 2 is 1.87 bits per heavy atom. The van der Waals surface area contributed by atoms with E-state index in [1.807, 2.05) is 31.2 Å². The van der Waals surface area contributed by atoms with E-state index in [4.69, 9.17) is 9.47 Å². The Hall–Kier alpha value is -3.02. The monoisotopic (exact) mass is 410 g/mol. The van der Waals surface area contributed by atoms with Crippen LogP contribution in [0.5, 0.6) is 11.5 Å². The SMILES string of the molecule is CC[C@H](C)c1ccccc1N1C[C@@H](C(=O)Nc2cc(OC)c(OC)cc2C)CC1=O. The molecule has 1 fully saturated rings. The predicted molar refractivity (Wildman–Crippen MR) is 119 cm³/mol. The van der Waals surface area contributed by atoms with Crippen LogP contribution in [0.25, 0.3) is 0 Å². The van der Waals surface area contributed by atoms with Crippen molar-refractivity contribution in [3.8, 4) is 11.5 Å². The van der Waals surface area contributed by atoms with Gasteiger partial charge in [-0.05, 0) is 42.5 Å². The molecule has 1 aliphatic heterocycles. The lowest BCUT2D eigenvalue weighted by Gasteiger charge is -2.23. The molecule has 1 aliphatic rings. The summed E-state index contributed by atoms with van der Waals surface area (Å²) in [6, 6.07) is 11.5. The van der Waals surface area contributed by atoms with Gasteiger partial charge in [0.15, 0.2) is 11.5 Å². The fourth-order valence-corrected chi connectivity index (χ4v) is 3.84. The van der Waals surface area contributed by atoms with Crippen LogP contribution in [0.3, 0.4) is 0 Å². The van der Waals surface area contributed by atoms with E-state index in [9.17, 15) is 9.59 Å². The number of para-hydroxylation sites is 1. The topological polar surface area (TPSA) is 67.9 Å². The number of nitrogens with zero attached hydrogens (tertiary/aromatic N) is 1. The van der Waals surface area contributed by atoms with Crippen LogP contribution in [0, 0.1) is 12.8 Å². The molecule has 0 spiro atoms. The molecule has 1 saturated heterocycles. The second-order valence-corrected chi connectivity index (χ2v) is 7.78. The maximum Gasteiger partial charge on any atom is 0.229 e. The summed E-state index contributed by atoms with van der Waals surface area (Å²) in [5.74, 6) is 0.908. The molecule has 2 amide bonds. The summed E-state index contributed by atoms with van der Waals surface area (Å²) in [4.78, 5) is 27.5. The minimum atomic E-state index is -0.407. The van der Waals surface area contributed by atoms with Gasteiger partial charge in [-0.15, -0.1) is 0 Å². The van der Waals surface area contributed by atoms with Gasteiger partial charge in [-0.3, -0.25) is 9.59 Å².